The van der Waals surface area contributed by atoms with Crippen molar-refractivity contribution >= 4 is 70.9 Å². The third kappa shape index (κ3) is 17.5. The molecule has 1 saturated carbocycles. The van der Waals surface area contributed by atoms with Crippen LogP contribution in [0.15, 0.2) is 18.2 Å². The Morgan fingerprint density at radius 1 is 0.659 bits per heavy atom. The van der Waals surface area contributed by atoms with Gasteiger partial charge in [0, 0.05) is 69.0 Å². The monoisotopic (exact) mass is 1250 g/mol. The molecule has 3 saturated heterocycles. The van der Waals surface area contributed by atoms with Crippen molar-refractivity contribution in [1.29, 1.82) is 0 Å². The second-order valence-electron chi connectivity index (χ2n) is 24.6. The number of piperidine rings is 1. The molecule has 5 rings (SSSR count). The maximum Gasteiger partial charge on any atom is 0.419 e. The molecule has 0 radical (unpaired) electrons. The number of benzene rings is 1. The lowest BCUT2D eigenvalue weighted by molar-refractivity contribution is -0.156. The number of hydrogen-bond donors (Lipinski definition) is 3. The Morgan fingerprint density at radius 2 is 1.23 bits per heavy atom. The zero-order valence-corrected chi connectivity index (χ0v) is 52.9. The van der Waals surface area contributed by atoms with Crippen molar-refractivity contribution in [2.24, 2.45) is 11.8 Å². The first-order chi connectivity index (χ1) is 41.1. The molecule has 7 atom stereocenters. The summed E-state index contributed by atoms with van der Waals surface area (Å²) in [6.07, 6.45) is -1.91. The number of likely N-dealkylation sites (N-methyl/N-ethyl adjacent to an activating group) is 7. The summed E-state index contributed by atoms with van der Waals surface area (Å²) in [6.45, 7) is 6.66. The van der Waals surface area contributed by atoms with Crippen molar-refractivity contribution in [3.63, 3.8) is 0 Å². The van der Waals surface area contributed by atoms with Crippen LogP contribution in [0.3, 0.4) is 0 Å². The van der Waals surface area contributed by atoms with Crippen LogP contribution in [0, 0.1) is 17.7 Å². The molecule has 3 N–H and O–H groups in total. The van der Waals surface area contributed by atoms with Crippen LogP contribution in [0.1, 0.15) is 123 Å². The molecule has 4 fully saturated rings. The van der Waals surface area contributed by atoms with E-state index in [1.54, 1.807) is 32.6 Å². The molecule has 0 aromatic heterocycles. The fourth-order valence-corrected chi connectivity index (χ4v) is 11.8. The van der Waals surface area contributed by atoms with Gasteiger partial charge in [-0.1, -0.05) is 53.0 Å². The summed E-state index contributed by atoms with van der Waals surface area (Å²) >= 11 is 0. The van der Waals surface area contributed by atoms with Gasteiger partial charge < -0.3 is 60.0 Å². The van der Waals surface area contributed by atoms with Crippen molar-refractivity contribution in [3.8, 4) is 0 Å². The first kappa shape index (κ1) is 71.3. The van der Waals surface area contributed by atoms with Crippen LogP contribution in [0.5, 0.6) is 0 Å². The van der Waals surface area contributed by atoms with Gasteiger partial charge in [-0.05, 0) is 94.2 Å². The van der Waals surface area contributed by atoms with Gasteiger partial charge in [0.2, 0.25) is 70.9 Å². The number of carbonyl (C=O) groups excluding carboxylic acids is 12. The van der Waals surface area contributed by atoms with E-state index in [2.05, 4.69) is 16.0 Å². The van der Waals surface area contributed by atoms with Gasteiger partial charge in [-0.15, -0.1) is 0 Å². The maximum atomic E-state index is 15.2. The maximum absolute atomic E-state index is 15.2. The predicted octanol–water partition coefficient (Wildman–Crippen LogP) is 1.62. The van der Waals surface area contributed by atoms with Crippen LogP contribution >= 0.6 is 0 Å². The molecule has 3 aliphatic heterocycles. The van der Waals surface area contributed by atoms with E-state index in [1.807, 2.05) is 0 Å². The van der Waals surface area contributed by atoms with Crippen LogP contribution < -0.4 is 16.0 Å². The highest BCUT2D eigenvalue weighted by molar-refractivity contribution is 6.00. The van der Waals surface area contributed by atoms with Crippen molar-refractivity contribution in [2.45, 2.75) is 166 Å². The van der Waals surface area contributed by atoms with Crippen LogP contribution in [0.4, 0.5) is 17.6 Å². The summed E-state index contributed by atoms with van der Waals surface area (Å²) in [5.74, 6) is -11.2. The van der Waals surface area contributed by atoms with E-state index in [4.69, 9.17) is 0 Å². The number of aryl methyl sites for hydroxylation is 1. The molecular weight excluding hydrogens is 1160 g/mol. The molecule has 1 aliphatic carbocycles. The number of halogens is 4. The number of hydrogen-bond acceptors (Lipinski definition) is 12. The molecule has 1 aromatic carbocycles. The van der Waals surface area contributed by atoms with Crippen LogP contribution in [-0.2, 0) is 70.1 Å². The molecule has 88 heavy (non-hydrogen) atoms. The third-order valence-corrected chi connectivity index (χ3v) is 17.8. The molecule has 24 nitrogen and oxygen atoms in total. The molecule has 12 amide bonds. The van der Waals surface area contributed by atoms with Gasteiger partial charge in [0.25, 0.3) is 0 Å². The van der Waals surface area contributed by atoms with Crippen molar-refractivity contribution in [3.05, 3.63) is 35.1 Å². The normalized spacial score (nSPS) is 25.6. The first-order valence-electron chi connectivity index (χ1n) is 30.3. The number of alkyl halides is 3. The van der Waals surface area contributed by atoms with Gasteiger partial charge in [0.1, 0.15) is 47.6 Å². The van der Waals surface area contributed by atoms with Gasteiger partial charge >= 0.3 is 6.18 Å². The summed E-state index contributed by atoms with van der Waals surface area (Å²) in [5, 5.41) is 8.28. The van der Waals surface area contributed by atoms with Crippen LogP contribution in [0.25, 0.3) is 0 Å². The highest BCUT2D eigenvalue weighted by atomic mass is 19.4. The topological polar surface area (TPSA) is 270 Å². The standard InChI is InChI=1S/C60H90F4N12O12/c1-13-37(4)50-56(86)71(9)35-49(81)70(8)34-48(80)69(7)33-47(79)68(6)32-45(77)65-42(24-22-39-21-23-40(41(61)30-39)60(62,63)64)54(84)76-29-19-20-43(76)53(83)67-59(25-15-16-26-59)58(88)74(12)51(36(2)3)57(87)73(11)44(55(85)75-27-17-14-18-28-75)31-46(78)72(10)38(5)52(82)66-50/h21,23,30,36-38,42-44,50-51H,13-20,22,24-29,31-35H2,1-12H3,(H,65,77)(H,66,82)(H,67,83)/t37-,38?,42?,43?,44?,50?,51?/m0/s1. The Kier molecular flexibility index (Phi) is 24.9. The minimum absolute atomic E-state index is 0.00983. The molecular formula is C60H90F4N12O12. The Balaban J connectivity index is 1.53. The molecule has 1 aromatic rings. The largest absolute Gasteiger partial charge is 0.419 e. The minimum Gasteiger partial charge on any atom is -0.343 e. The number of nitrogens with one attached hydrogen (secondary N) is 3. The lowest BCUT2D eigenvalue weighted by Crippen LogP contribution is -2.65. The minimum atomic E-state index is -5.00. The SMILES string of the molecule is CC[C@H](C)C1NC(=O)C(C)N(C)C(=O)CC(C(=O)N2CCCCC2)N(C)C(=O)C(C(C)C)N(C)C(=O)C2(CCCC2)NC(=O)C2CCCN2C(=O)C(CCc2ccc(C(F)(F)F)c(F)c2)NC(=O)CN(C)C(=O)CN(C)C(=O)CN(C)C(=O)CN(C)C1=O. The molecule has 0 bridgehead atoms. The number of nitrogens with zero attached hydrogens (tertiary/aromatic N) is 9. The quantitative estimate of drug-likeness (QED) is 0.329. The highest BCUT2D eigenvalue weighted by Gasteiger charge is 2.50. The van der Waals surface area contributed by atoms with E-state index in [9.17, 15) is 65.5 Å². The average molecular weight is 1250 g/mol. The lowest BCUT2D eigenvalue weighted by Gasteiger charge is -2.41. The Labute approximate surface area is 512 Å². The van der Waals surface area contributed by atoms with Crippen LogP contribution in [-0.4, -0.2) is 252 Å². The Hall–Kier alpha value is -7.42. The molecule has 1 spiro atoms. The fraction of sp³-hybridized carbons (Fsp3) is 0.700. The number of amides is 12. The van der Waals surface area contributed by atoms with E-state index in [0.29, 0.717) is 57.3 Å². The van der Waals surface area contributed by atoms with Gasteiger partial charge in [0.05, 0.1) is 38.2 Å². The van der Waals surface area contributed by atoms with E-state index in [-0.39, 0.29) is 50.6 Å². The Morgan fingerprint density at radius 3 is 1.77 bits per heavy atom. The molecule has 6 unspecified atom stereocenters. The number of likely N-dealkylation sites (tertiary alicyclic amines) is 1. The molecule has 28 heteroatoms. The molecule has 490 valence electrons. The van der Waals surface area contributed by atoms with Crippen molar-refractivity contribution < 1.29 is 75.1 Å². The van der Waals surface area contributed by atoms with Crippen molar-refractivity contribution in [2.75, 3.05) is 95.1 Å². The lowest BCUT2D eigenvalue weighted by atomic mass is 9.91. The number of rotatable bonds is 7. The highest BCUT2D eigenvalue weighted by Crippen LogP contribution is 2.35. The smallest absolute Gasteiger partial charge is 0.343 e. The fourth-order valence-electron chi connectivity index (χ4n) is 11.8. The van der Waals surface area contributed by atoms with Gasteiger partial charge in [-0.2, -0.15) is 13.2 Å². The summed E-state index contributed by atoms with van der Waals surface area (Å²) in [7, 11) is 9.30. The van der Waals surface area contributed by atoms with Gasteiger partial charge in [-0.25, -0.2) is 4.39 Å². The number of carbonyl (C=O) groups is 12. The first-order valence-corrected chi connectivity index (χ1v) is 30.3. The predicted molar refractivity (Wildman–Crippen MR) is 313 cm³/mol. The summed E-state index contributed by atoms with van der Waals surface area (Å²) in [5.41, 5.74) is -3.06. The summed E-state index contributed by atoms with van der Waals surface area (Å²) in [6, 6.07) is -5.59. The van der Waals surface area contributed by atoms with E-state index >= 15 is 9.59 Å². The summed E-state index contributed by atoms with van der Waals surface area (Å²) < 4.78 is 55.4. The number of fused-ring (bicyclic) bond motifs is 1. The van der Waals surface area contributed by atoms with E-state index < -0.39 is 175 Å². The Bertz CT molecular complexity index is 2770. The van der Waals surface area contributed by atoms with E-state index in [0.717, 1.165) is 41.9 Å². The molecule has 3 heterocycles. The zero-order valence-electron chi connectivity index (χ0n) is 52.9. The summed E-state index contributed by atoms with van der Waals surface area (Å²) in [4.78, 5) is 182. The van der Waals surface area contributed by atoms with Crippen molar-refractivity contribution in [1.82, 2.24) is 60.0 Å². The van der Waals surface area contributed by atoms with E-state index in [1.165, 1.54) is 66.1 Å². The second kappa shape index (κ2) is 30.7. The average Bonchev–Trinajstić information content (AvgIpc) is 2.22. The van der Waals surface area contributed by atoms with Gasteiger partial charge in [0.15, 0.2) is 0 Å². The third-order valence-electron chi connectivity index (χ3n) is 17.8. The van der Waals surface area contributed by atoms with Crippen LogP contribution in [0.2, 0.25) is 0 Å². The zero-order chi connectivity index (χ0) is 65.9. The second-order valence-corrected chi connectivity index (χ2v) is 24.6. The van der Waals surface area contributed by atoms with Gasteiger partial charge in [-0.3, -0.25) is 57.5 Å². The molecule has 4 aliphatic rings.